The fraction of sp³-hybridized carbons (Fsp3) is 0.337. The van der Waals surface area contributed by atoms with Gasteiger partial charge in [-0.1, -0.05) is 193 Å². The van der Waals surface area contributed by atoms with Crippen LogP contribution in [0.25, 0.3) is 0 Å². The van der Waals surface area contributed by atoms with Gasteiger partial charge in [-0.15, -0.1) is 0 Å². The molecule has 21 nitrogen and oxygen atoms in total. The molecular weight excluding hydrogens is 1650 g/mol. The summed E-state index contributed by atoms with van der Waals surface area (Å²) in [5.74, 6) is 1.02. The molecule has 0 amide bonds. The minimum absolute atomic E-state index is 0. The summed E-state index contributed by atoms with van der Waals surface area (Å²) in [6.07, 6.45) is 11.5. The van der Waals surface area contributed by atoms with Gasteiger partial charge in [0, 0.05) is 63.5 Å². The second-order valence-corrected chi connectivity index (χ2v) is 54.0. The fourth-order valence-electron chi connectivity index (χ4n) is 8.98. The van der Waals surface area contributed by atoms with Crippen LogP contribution in [0.15, 0.2) is 259 Å². The van der Waals surface area contributed by atoms with Gasteiger partial charge in [0.15, 0.2) is 40.2 Å². The van der Waals surface area contributed by atoms with E-state index < -0.39 is 49.9 Å². The molecule has 0 aliphatic rings. The van der Waals surface area contributed by atoms with E-state index in [1.807, 2.05) is 84.9 Å². The molecule has 0 fully saturated rings. The van der Waals surface area contributed by atoms with Gasteiger partial charge >= 0.3 is 0 Å². The number of aromatic nitrogens is 7. The van der Waals surface area contributed by atoms with Gasteiger partial charge < -0.3 is 66.2 Å². The number of hydrogen-bond donors (Lipinski definition) is 6. The fourth-order valence-corrected chi connectivity index (χ4v) is 13.5. The van der Waals surface area contributed by atoms with Crippen LogP contribution in [-0.2, 0) is 26.2 Å². The number of pyridine rings is 7. The first-order valence-corrected chi connectivity index (χ1v) is 50.6. The molecular formula is C89H119Cl4N7O14Si4. The van der Waals surface area contributed by atoms with Gasteiger partial charge in [0.25, 0.3) is 72.2 Å². The summed E-state index contributed by atoms with van der Waals surface area (Å²) in [7, 11) is -7.85. The molecule has 0 saturated heterocycles. The highest BCUT2D eigenvalue weighted by atomic mass is 35.5. The van der Waals surface area contributed by atoms with Gasteiger partial charge in [-0.25, -0.2) is 0 Å². The van der Waals surface area contributed by atoms with E-state index in [1.165, 1.54) is 33.5 Å². The van der Waals surface area contributed by atoms with E-state index >= 15 is 0 Å². The zero-order chi connectivity index (χ0) is 87.0. The highest BCUT2D eigenvalue weighted by Crippen LogP contribution is 2.40. The Hall–Kier alpha value is -9.84. The van der Waals surface area contributed by atoms with E-state index in [9.17, 15) is 43.8 Å². The Kier molecular flexibility index (Phi) is 38.9. The summed E-state index contributed by atoms with van der Waals surface area (Å²) in [4.78, 5) is 89.2. The maximum absolute atomic E-state index is 12.7. The molecule has 29 heteroatoms. The molecule has 0 aliphatic carbocycles. The number of aromatic amines is 3. The smallest absolute Gasteiger partial charge is 0.292 e. The molecule has 0 aliphatic heterocycles. The summed E-state index contributed by atoms with van der Waals surface area (Å²) in [6.45, 7) is 44.8. The lowest BCUT2D eigenvalue weighted by Crippen LogP contribution is -2.45. The molecule has 0 radical (unpaired) electrons. The van der Waals surface area contributed by atoms with Gasteiger partial charge in [-0.05, 0) is 228 Å². The number of aromatic hydroxyl groups is 3. The molecule has 0 atom stereocenters. The van der Waals surface area contributed by atoms with Crippen LogP contribution in [-0.4, -0.2) is 81.8 Å². The number of rotatable bonds is 16. The van der Waals surface area contributed by atoms with Crippen LogP contribution >= 0.6 is 46.4 Å². The normalized spacial score (nSPS) is 11.4. The van der Waals surface area contributed by atoms with Crippen molar-refractivity contribution in [2.75, 3.05) is 0 Å². The van der Waals surface area contributed by atoms with E-state index in [0.717, 1.165) is 22.3 Å². The Morgan fingerprint density at radius 3 is 0.712 bits per heavy atom. The number of nitrogens with one attached hydrogen (secondary N) is 3. The zero-order valence-electron chi connectivity index (χ0n) is 69.8. The summed E-state index contributed by atoms with van der Waals surface area (Å²) in [5, 5.41) is 30.1. The Labute approximate surface area is 718 Å². The summed E-state index contributed by atoms with van der Waals surface area (Å²) < 4.78 is 30.4. The average Bonchev–Trinajstić information content (AvgIpc) is 0.810. The summed E-state index contributed by atoms with van der Waals surface area (Å²) in [5.41, 5.74) is 2.25. The van der Waals surface area contributed by atoms with Crippen molar-refractivity contribution in [3.8, 4) is 40.2 Å². The maximum Gasteiger partial charge on any atom is 0.292 e. The number of nitrogens with zero attached hydrogens (tertiary/aromatic N) is 4. The van der Waals surface area contributed by atoms with Crippen LogP contribution in [0.5, 0.6) is 40.2 Å². The molecule has 0 spiro atoms. The standard InChI is InChI=1S/2C18H24ClNO2Si.2C12H10ClNO2.2C11H19NO2Si.C5H5NO2.2CH4/c2*1-18(2,3)23(4,5)22-16-7-6-12-20(17(16)21)13-14-8-10-15(19)11-9-14;2*13-10-5-3-9(4-6-10)8-14-7-1-2-11(15)12(14)16;2*1-11(2,3)15(4,5)14-9-7-6-8-12-10(9)13;7-4-2-1-3-6-5(4)8;;/h2*6-12H,13H2,1-5H3;2*1-7,15H,8H2;2*6-8H,1-5H3,(H,12,13);1-3,7H,(H,6,8);2*1H4. The Morgan fingerprint density at radius 2 is 0.492 bits per heavy atom. The first kappa shape index (κ1) is 102. The highest BCUT2D eigenvalue weighted by molar-refractivity contribution is 6.76. The second kappa shape index (κ2) is 44.8. The van der Waals surface area contributed by atoms with Gasteiger partial charge in [-0.2, -0.15) is 0 Å². The third kappa shape index (κ3) is 32.1. The highest BCUT2D eigenvalue weighted by Gasteiger charge is 2.42. The van der Waals surface area contributed by atoms with Crippen LogP contribution in [0.3, 0.4) is 0 Å². The second-order valence-electron chi connectivity index (χ2n) is 33.3. The van der Waals surface area contributed by atoms with E-state index in [-0.39, 0.29) is 74.5 Å². The van der Waals surface area contributed by atoms with Crippen LogP contribution in [0.1, 0.15) is 120 Å². The van der Waals surface area contributed by atoms with Crippen LogP contribution in [0.2, 0.25) is 92.6 Å². The molecule has 0 unspecified atom stereocenters. The van der Waals surface area contributed by atoms with Crippen molar-refractivity contribution >= 4 is 79.7 Å². The number of hydrogen-bond acceptors (Lipinski definition) is 14. The summed E-state index contributed by atoms with van der Waals surface area (Å²) >= 11 is 23.3. The van der Waals surface area contributed by atoms with Crippen LogP contribution in [0.4, 0.5) is 0 Å². The minimum Gasteiger partial charge on any atom is -0.540 e. The predicted octanol–water partition coefficient (Wildman–Crippen LogP) is 21.2. The van der Waals surface area contributed by atoms with E-state index in [4.69, 9.17) is 69.2 Å². The van der Waals surface area contributed by atoms with Crippen molar-refractivity contribution in [1.82, 2.24) is 33.2 Å². The summed E-state index contributed by atoms with van der Waals surface area (Å²) in [6, 6.07) is 52.6. The number of benzene rings is 4. The first-order chi connectivity index (χ1) is 53.8. The van der Waals surface area contributed by atoms with E-state index in [2.05, 4.69) is 150 Å². The lowest BCUT2D eigenvalue weighted by atomic mass is 10.2. The maximum atomic E-state index is 12.7. The van der Waals surface area contributed by atoms with Gasteiger partial charge in [0.05, 0.1) is 26.2 Å². The van der Waals surface area contributed by atoms with Crippen molar-refractivity contribution in [1.29, 1.82) is 0 Å². The average molecular weight is 1770 g/mol. The quantitative estimate of drug-likeness (QED) is 0.0491. The Morgan fingerprint density at radius 1 is 0.288 bits per heavy atom. The molecule has 7 heterocycles. The minimum atomic E-state index is -2.03. The van der Waals surface area contributed by atoms with E-state index in [1.54, 1.807) is 125 Å². The molecule has 7 aromatic heterocycles. The molecule has 638 valence electrons. The third-order valence-corrected chi connectivity index (χ3v) is 38.5. The molecule has 11 rings (SSSR count). The van der Waals surface area contributed by atoms with Crippen molar-refractivity contribution in [3.63, 3.8) is 0 Å². The Bertz CT molecular complexity index is 5100. The number of H-pyrrole nitrogens is 3. The monoisotopic (exact) mass is 1760 g/mol. The SMILES string of the molecule is C.C.CC(C)(C)[Si](C)(C)Oc1ccc[nH]c1=O.CC(C)(C)[Si](C)(C)Oc1ccc[nH]c1=O.CC(C)(C)[Si](C)(C)Oc1cccn(Cc2ccc(Cl)cc2)c1=O.CC(C)(C)[Si](C)(C)Oc1cccn(Cc2ccc(Cl)cc2)c1=O.O=c1[nH]cccc1O.O=c1c(O)cccn1Cc1ccc(Cl)cc1.O=c1c(O)cccn1Cc1ccc(Cl)cc1. The molecule has 0 saturated carbocycles. The molecule has 6 N–H and O–H groups in total. The van der Waals surface area contributed by atoms with Gasteiger partial charge in [0.1, 0.15) is 0 Å². The molecule has 118 heavy (non-hydrogen) atoms. The Balaban J connectivity index is 0.000000361. The van der Waals surface area contributed by atoms with Crippen LogP contribution in [0, 0.1) is 0 Å². The molecule has 0 bridgehead atoms. The molecule has 11 aromatic rings. The predicted molar refractivity (Wildman–Crippen MR) is 496 cm³/mol. The molecule has 4 aromatic carbocycles. The zero-order valence-corrected chi connectivity index (χ0v) is 76.8. The third-order valence-electron chi connectivity index (χ3n) is 20.1. The van der Waals surface area contributed by atoms with Crippen molar-refractivity contribution < 1.29 is 33.0 Å². The van der Waals surface area contributed by atoms with Crippen molar-refractivity contribution in [2.24, 2.45) is 0 Å². The topological polar surface area (TPSA) is 284 Å². The lowest BCUT2D eigenvalue weighted by Gasteiger charge is -2.36. The van der Waals surface area contributed by atoms with Gasteiger partial charge in [-0.3, -0.25) is 33.6 Å². The number of halogens is 4. The van der Waals surface area contributed by atoms with Crippen LogP contribution < -0.4 is 56.6 Å². The van der Waals surface area contributed by atoms with E-state index in [0.29, 0.717) is 69.3 Å². The van der Waals surface area contributed by atoms with Gasteiger partial charge in [0.2, 0.25) is 0 Å². The van der Waals surface area contributed by atoms with Crippen molar-refractivity contribution in [2.45, 2.75) is 197 Å². The first-order valence-electron chi connectivity index (χ1n) is 37.4. The van der Waals surface area contributed by atoms with Crippen molar-refractivity contribution in [3.05, 3.63) is 340 Å². The lowest BCUT2D eigenvalue weighted by molar-refractivity contribution is 0.458. The largest absolute Gasteiger partial charge is 0.540 e.